The van der Waals surface area contributed by atoms with Gasteiger partial charge < -0.3 is 14.8 Å². The SMILES string of the molecule is Cc1cccc(OCCNC(=O)CN2C(=O)COc3ccc([N+](=O)[O-])cc32)c1. The molecule has 3 rings (SSSR count). The van der Waals surface area contributed by atoms with Crippen LogP contribution >= 0.6 is 0 Å². The Morgan fingerprint density at radius 3 is 2.89 bits per heavy atom. The van der Waals surface area contributed by atoms with E-state index in [-0.39, 0.29) is 37.7 Å². The van der Waals surface area contributed by atoms with E-state index >= 15 is 0 Å². The zero-order valence-corrected chi connectivity index (χ0v) is 15.2. The van der Waals surface area contributed by atoms with E-state index in [4.69, 9.17) is 9.47 Å². The minimum Gasteiger partial charge on any atom is -0.492 e. The number of anilines is 1. The van der Waals surface area contributed by atoms with Crippen LogP contribution in [0.15, 0.2) is 42.5 Å². The Bertz CT molecular complexity index is 914. The maximum absolute atomic E-state index is 12.2. The number of hydrogen-bond donors (Lipinski definition) is 1. The summed E-state index contributed by atoms with van der Waals surface area (Å²) in [5, 5.41) is 13.6. The third-order valence-corrected chi connectivity index (χ3v) is 4.08. The summed E-state index contributed by atoms with van der Waals surface area (Å²) in [6.07, 6.45) is 0. The van der Waals surface area contributed by atoms with Crippen molar-refractivity contribution in [2.24, 2.45) is 0 Å². The van der Waals surface area contributed by atoms with Gasteiger partial charge in [0.25, 0.3) is 11.6 Å². The van der Waals surface area contributed by atoms with Crippen LogP contribution in [0.3, 0.4) is 0 Å². The van der Waals surface area contributed by atoms with Crippen LogP contribution in [0.5, 0.6) is 11.5 Å². The van der Waals surface area contributed by atoms with Crippen molar-refractivity contribution in [1.29, 1.82) is 0 Å². The fourth-order valence-electron chi connectivity index (χ4n) is 2.74. The maximum Gasteiger partial charge on any atom is 0.271 e. The molecule has 0 saturated heterocycles. The Hall–Kier alpha value is -3.62. The van der Waals surface area contributed by atoms with Gasteiger partial charge in [0.1, 0.15) is 24.7 Å². The van der Waals surface area contributed by atoms with Gasteiger partial charge in [-0.3, -0.25) is 24.6 Å². The number of nitrogens with zero attached hydrogens (tertiary/aromatic N) is 2. The molecule has 2 aromatic carbocycles. The summed E-state index contributed by atoms with van der Waals surface area (Å²) >= 11 is 0. The molecule has 0 fully saturated rings. The van der Waals surface area contributed by atoms with E-state index in [1.165, 1.54) is 23.1 Å². The van der Waals surface area contributed by atoms with Crippen LogP contribution in [0.25, 0.3) is 0 Å². The second-order valence-corrected chi connectivity index (χ2v) is 6.19. The maximum atomic E-state index is 12.2. The monoisotopic (exact) mass is 385 g/mol. The fraction of sp³-hybridized carbons (Fsp3) is 0.263. The third-order valence-electron chi connectivity index (χ3n) is 4.08. The fourth-order valence-corrected chi connectivity index (χ4v) is 2.74. The zero-order valence-electron chi connectivity index (χ0n) is 15.2. The van der Waals surface area contributed by atoms with Gasteiger partial charge in [-0.05, 0) is 30.7 Å². The minimum atomic E-state index is -0.569. The lowest BCUT2D eigenvalue weighted by Crippen LogP contribution is -2.45. The largest absolute Gasteiger partial charge is 0.492 e. The molecule has 0 saturated carbocycles. The molecule has 0 spiro atoms. The van der Waals surface area contributed by atoms with Crippen molar-refractivity contribution >= 4 is 23.2 Å². The molecule has 0 atom stereocenters. The van der Waals surface area contributed by atoms with Crippen molar-refractivity contribution in [3.05, 3.63) is 58.1 Å². The van der Waals surface area contributed by atoms with Gasteiger partial charge in [0.05, 0.1) is 17.2 Å². The lowest BCUT2D eigenvalue weighted by molar-refractivity contribution is -0.384. The summed E-state index contributed by atoms with van der Waals surface area (Å²) in [5.41, 5.74) is 1.09. The van der Waals surface area contributed by atoms with Gasteiger partial charge in [-0.15, -0.1) is 0 Å². The molecule has 9 nitrogen and oxygen atoms in total. The van der Waals surface area contributed by atoms with E-state index in [1.807, 2.05) is 31.2 Å². The first-order valence-corrected chi connectivity index (χ1v) is 8.62. The molecule has 0 aromatic heterocycles. The van der Waals surface area contributed by atoms with Crippen LogP contribution in [0.1, 0.15) is 5.56 Å². The molecule has 1 heterocycles. The molecule has 2 amide bonds. The number of nitro groups is 1. The number of carbonyl (C=O) groups excluding carboxylic acids is 2. The minimum absolute atomic E-state index is 0.186. The summed E-state index contributed by atoms with van der Waals surface area (Å²) in [5.74, 6) is 0.180. The summed E-state index contributed by atoms with van der Waals surface area (Å²) in [6.45, 7) is 1.99. The van der Waals surface area contributed by atoms with E-state index < -0.39 is 16.7 Å². The van der Waals surface area contributed by atoms with Crippen molar-refractivity contribution in [1.82, 2.24) is 5.32 Å². The van der Waals surface area contributed by atoms with Crippen molar-refractivity contribution in [2.75, 3.05) is 31.2 Å². The smallest absolute Gasteiger partial charge is 0.271 e. The molecule has 146 valence electrons. The van der Waals surface area contributed by atoms with Crippen LogP contribution in [0.4, 0.5) is 11.4 Å². The highest BCUT2D eigenvalue weighted by molar-refractivity contribution is 6.02. The third kappa shape index (κ3) is 4.56. The average Bonchev–Trinajstić information content (AvgIpc) is 2.67. The molecule has 0 aliphatic carbocycles. The molecule has 1 N–H and O–H groups in total. The van der Waals surface area contributed by atoms with Gasteiger partial charge in [0.15, 0.2) is 6.61 Å². The van der Waals surface area contributed by atoms with Gasteiger partial charge in [0.2, 0.25) is 5.91 Å². The highest BCUT2D eigenvalue weighted by Gasteiger charge is 2.29. The number of rotatable bonds is 7. The first-order valence-electron chi connectivity index (χ1n) is 8.62. The second-order valence-electron chi connectivity index (χ2n) is 6.19. The van der Waals surface area contributed by atoms with Gasteiger partial charge in [-0.1, -0.05) is 12.1 Å². The van der Waals surface area contributed by atoms with E-state index in [0.717, 1.165) is 5.56 Å². The number of nitrogens with one attached hydrogen (secondary N) is 1. The number of nitro benzene ring substituents is 1. The average molecular weight is 385 g/mol. The van der Waals surface area contributed by atoms with Crippen molar-refractivity contribution in [3.8, 4) is 11.5 Å². The molecule has 0 radical (unpaired) electrons. The number of ether oxygens (including phenoxy) is 2. The van der Waals surface area contributed by atoms with E-state index in [1.54, 1.807) is 0 Å². The lowest BCUT2D eigenvalue weighted by atomic mass is 10.2. The summed E-state index contributed by atoms with van der Waals surface area (Å²) < 4.78 is 10.8. The number of carbonyl (C=O) groups is 2. The van der Waals surface area contributed by atoms with Crippen molar-refractivity contribution in [2.45, 2.75) is 6.92 Å². The Balaban J connectivity index is 1.57. The number of fused-ring (bicyclic) bond motifs is 1. The number of benzene rings is 2. The number of amides is 2. The molecular weight excluding hydrogens is 366 g/mol. The normalized spacial score (nSPS) is 12.8. The lowest BCUT2D eigenvalue weighted by Gasteiger charge is -2.28. The van der Waals surface area contributed by atoms with Crippen LogP contribution in [0, 0.1) is 17.0 Å². The first-order chi connectivity index (χ1) is 13.4. The molecule has 1 aliphatic heterocycles. The standard InChI is InChI=1S/C19H19N3O6/c1-13-3-2-4-15(9-13)27-8-7-20-18(23)11-21-16-10-14(22(25)26)5-6-17(16)28-12-19(21)24/h2-6,9-10H,7-8,11-12H2,1H3,(H,20,23). The highest BCUT2D eigenvalue weighted by atomic mass is 16.6. The topological polar surface area (TPSA) is 111 Å². The summed E-state index contributed by atoms with van der Waals surface area (Å²) in [7, 11) is 0. The van der Waals surface area contributed by atoms with Gasteiger partial charge in [-0.2, -0.15) is 0 Å². The van der Waals surface area contributed by atoms with E-state index in [0.29, 0.717) is 11.5 Å². The van der Waals surface area contributed by atoms with E-state index in [9.17, 15) is 19.7 Å². The van der Waals surface area contributed by atoms with Crippen LogP contribution in [0.2, 0.25) is 0 Å². The molecule has 0 unspecified atom stereocenters. The molecule has 28 heavy (non-hydrogen) atoms. The Labute approximate surface area is 161 Å². The van der Waals surface area contributed by atoms with Crippen molar-refractivity contribution < 1.29 is 24.0 Å². The molecule has 2 aromatic rings. The van der Waals surface area contributed by atoms with Crippen LogP contribution in [-0.4, -0.2) is 43.0 Å². The zero-order chi connectivity index (χ0) is 20.1. The molecular formula is C19H19N3O6. The Kier molecular flexibility index (Phi) is 5.73. The van der Waals surface area contributed by atoms with Gasteiger partial charge in [0, 0.05) is 12.1 Å². The number of hydrogen-bond acceptors (Lipinski definition) is 6. The van der Waals surface area contributed by atoms with Crippen LogP contribution < -0.4 is 19.7 Å². The molecule has 0 bridgehead atoms. The van der Waals surface area contributed by atoms with Crippen LogP contribution in [-0.2, 0) is 9.59 Å². The number of non-ortho nitro benzene ring substituents is 1. The number of aryl methyl sites for hydroxylation is 1. The van der Waals surface area contributed by atoms with Crippen molar-refractivity contribution in [3.63, 3.8) is 0 Å². The predicted molar refractivity (Wildman–Crippen MR) is 101 cm³/mol. The molecule has 1 aliphatic rings. The highest BCUT2D eigenvalue weighted by Crippen LogP contribution is 2.35. The Morgan fingerprint density at radius 2 is 2.14 bits per heavy atom. The van der Waals surface area contributed by atoms with Gasteiger partial charge in [-0.25, -0.2) is 0 Å². The summed E-state index contributed by atoms with van der Waals surface area (Å²) in [4.78, 5) is 36.0. The first kappa shape index (κ1) is 19.2. The van der Waals surface area contributed by atoms with Gasteiger partial charge >= 0.3 is 0 Å². The van der Waals surface area contributed by atoms with E-state index in [2.05, 4.69) is 5.32 Å². The quantitative estimate of drug-likeness (QED) is 0.442. The molecule has 9 heteroatoms. The predicted octanol–water partition coefficient (Wildman–Crippen LogP) is 1.82. The summed E-state index contributed by atoms with van der Waals surface area (Å²) in [6, 6.07) is 11.5. The second kappa shape index (κ2) is 8.38. The Morgan fingerprint density at radius 1 is 1.32 bits per heavy atom.